The van der Waals surface area contributed by atoms with E-state index in [2.05, 4.69) is 0 Å². The summed E-state index contributed by atoms with van der Waals surface area (Å²) in [7, 11) is 0. The highest BCUT2D eigenvalue weighted by atomic mass is 19.1. The van der Waals surface area contributed by atoms with Gasteiger partial charge in [-0.05, 0) is 30.4 Å². The fraction of sp³-hybridized carbons (Fsp3) is 0.312. The van der Waals surface area contributed by atoms with Crippen LogP contribution in [0.3, 0.4) is 0 Å². The molecule has 1 aliphatic heterocycles. The second-order valence-corrected chi connectivity index (χ2v) is 5.17. The lowest BCUT2D eigenvalue weighted by molar-refractivity contribution is 0.0743. The molecule has 1 saturated heterocycles. The van der Waals surface area contributed by atoms with Gasteiger partial charge >= 0.3 is 0 Å². The molecule has 2 N–H and O–H groups in total. The van der Waals surface area contributed by atoms with E-state index in [1.54, 1.807) is 24.3 Å². The van der Waals surface area contributed by atoms with Crippen LogP contribution >= 0.6 is 0 Å². The molecule has 0 spiro atoms. The van der Waals surface area contributed by atoms with Crippen molar-refractivity contribution >= 4 is 16.7 Å². The van der Waals surface area contributed by atoms with Gasteiger partial charge in [0.15, 0.2) is 0 Å². The summed E-state index contributed by atoms with van der Waals surface area (Å²) in [5.74, 6) is -0.344. The zero-order chi connectivity index (χ0) is 14.1. The lowest BCUT2D eigenvalue weighted by atomic mass is 10.0. The van der Waals surface area contributed by atoms with Crippen LogP contribution in [-0.4, -0.2) is 29.9 Å². The third kappa shape index (κ3) is 2.06. The Morgan fingerprint density at radius 3 is 2.75 bits per heavy atom. The standard InChI is InChI=1S/C16H17FN2O/c17-15-8-7-14(12-5-1-2-6-13(12)15)16(20)19-9-3-4-11(19)10-18/h1-2,5-8,11H,3-4,9-10,18H2. The minimum atomic E-state index is -0.297. The monoisotopic (exact) mass is 272 g/mol. The highest BCUT2D eigenvalue weighted by Crippen LogP contribution is 2.26. The number of hydrogen-bond acceptors (Lipinski definition) is 2. The first-order valence-electron chi connectivity index (χ1n) is 6.90. The summed E-state index contributed by atoms with van der Waals surface area (Å²) in [4.78, 5) is 14.5. The van der Waals surface area contributed by atoms with Crippen LogP contribution < -0.4 is 5.73 Å². The van der Waals surface area contributed by atoms with Gasteiger partial charge in [0.1, 0.15) is 5.82 Å². The Bertz CT molecular complexity index is 656. The van der Waals surface area contributed by atoms with E-state index < -0.39 is 0 Å². The molecule has 0 radical (unpaired) electrons. The van der Waals surface area contributed by atoms with Crippen molar-refractivity contribution in [1.82, 2.24) is 4.90 Å². The Morgan fingerprint density at radius 1 is 1.25 bits per heavy atom. The van der Waals surface area contributed by atoms with Gasteiger partial charge in [0.25, 0.3) is 5.91 Å². The van der Waals surface area contributed by atoms with Crippen molar-refractivity contribution in [2.75, 3.05) is 13.1 Å². The summed E-state index contributed by atoms with van der Waals surface area (Å²) in [6.07, 6.45) is 1.92. The summed E-state index contributed by atoms with van der Waals surface area (Å²) in [6, 6.07) is 10.1. The predicted octanol–water partition coefficient (Wildman–Crippen LogP) is 2.54. The van der Waals surface area contributed by atoms with Crippen molar-refractivity contribution < 1.29 is 9.18 Å². The summed E-state index contributed by atoms with van der Waals surface area (Å²) in [5.41, 5.74) is 6.28. The first-order valence-corrected chi connectivity index (χ1v) is 6.90. The van der Waals surface area contributed by atoms with Gasteiger partial charge in [0.2, 0.25) is 0 Å². The van der Waals surface area contributed by atoms with Gasteiger partial charge in [0, 0.05) is 30.1 Å². The Hall–Kier alpha value is -1.94. The van der Waals surface area contributed by atoms with E-state index in [0.29, 0.717) is 22.9 Å². The van der Waals surface area contributed by atoms with Crippen LogP contribution in [0.4, 0.5) is 4.39 Å². The molecule has 1 fully saturated rings. The van der Waals surface area contributed by atoms with E-state index in [9.17, 15) is 9.18 Å². The smallest absolute Gasteiger partial charge is 0.254 e. The summed E-state index contributed by atoms with van der Waals surface area (Å²) >= 11 is 0. The number of hydrogen-bond donors (Lipinski definition) is 1. The zero-order valence-corrected chi connectivity index (χ0v) is 11.2. The molecule has 1 heterocycles. The number of halogens is 1. The number of carbonyl (C=O) groups is 1. The third-order valence-corrected chi connectivity index (χ3v) is 4.01. The number of benzene rings is 2. The molecule has 0 bridgehead atoms. The molecule has 0 aromatic heterocycles. The molecule has 1 unspecified atom stereocenters. The maximum atomic E-state index is 13.8. The first-order chi connectivity index (χ1) is 9.72. The number of nitrogens with zero attached hydrogens (tertiary/aromatic N) is 1. The van der Waals surface area contributed by atoms with Crippen LogP contribution in [-0.2, 0) is 0 Å². The van der Waals surface area contributed by atoms with E-state index in [4.69, 9.17) is 5.73 Å². The summed E-state index contributed by atoms with van der Waals surface area (Å²) in [6.45, 7) is 1.21. The topological polar surface area (TPSA) is 46.3 Å². The van der Waals surface area contributed by atoms with Crippen LogP contribution in [0.1, 0.15) is 23.2 Å². The molecule has 1 atom stereocenters. The highest BCUT2D eigenvalue weighted by Gasteiger charge is 2.29. The number of carbonyl (C=O) groups excluding carboxylic acids is 1. The molecular formula is C16H17FN2O. The Balaban J connectivity index is 2.06. The zero-order valence-electron chi connectivity index (χ0n) is 11.2. The second kappa shape index (κ2) is 5.21. The lowest BCUT2D eigenvalue weighted by Crippen LogP contribution is -2.40. The van der Waals surface area contributed by atoms with Crippen LogP contribution in [0.25, 0.3) is 10.8 Å². The van der Waals surface area contributed by atoms with Crippen LogP contribution in [0.5, 0.6) is 0 Å². The molecule has 4 heteroatoms. The number of likely N-dealkylation sites (tertiary alicyclic amines) is 1. The lowest BCUT2D eigenvalue weighted by Gasteiger charge is -2.24. The molecular weight excluding hydrogens is 255 g/mol. The molecule has 1 aliphatic rings. The van der Waals surface area contributed by atoms with Crippen molar-refractivity contribution in [3.05, 3.63) is 47.8 Å². The van der Waals surface area contributed by atoms with E-state index in [1.165, 1.54) is 6.07 Å². The quantitative estimate of drug-likeness (QED) is 0.913. The summed E-state index contributed by atoms with van der Waals surface area (Å²) in [5, 5.41) is 1.15. The number of fused-ring (bicyclic) bond motifs is 1. The van der Waals surface area contributed by atoms with Crippen molar-refractivity contribution in [2.24, 2.45) is 5.73 Å². The largest absolute Gasteiger partial charge is 0.334 e. The average molecular weight is 272 g/mol. The number of rotatable bonds is 2. The van der Waals surface area contributed by atoms with Gasteiger partial charge in [-0.15, -0.1) is 0 Å². The van der Waals surface area contributed by atoms with E-state index in [1.807, 2.05) is 11.0 Å². The molecule has 20 heavy (non-hydrogen) atoms. The predicted molar refractivity (Wildman–Crippen MR) is 77.0 cm³/mol. The highest BCUT2D eigenvalue weighted by molar-refractivity contribution is 6.07. The van der Waals surface area contributed by atoms with Gasteiger partial charge in [-0.1, -0.05) is 24.3 Å². The Kier molecular flexibility index (Phi) is 3.40. The fourth-order valence-corrected chi connectivity index (χ4v) is 2.95. The minimum absolute atomic E-state index is 0.0471. The molecule has 2 aromatic carbocycles. The maximum absolute atomic E-state index is 13.8. The van der Waals surface area contributed by atoms with Crippen molar-refractivity contribution in [3.63, 3.8) is 0 Å². The van der Waals surface area contributed by atoms with Crippen molar-refractivity contribution in [3.8, 4) is 0 Å². The SMILES string of the molecule is NCC1CCCN1C(=O)c1ccc(F)c2ccccc12. The van der Waals surface area contributed by atoms with Crippen molar-refractivity contribution in [1.29, 1.82) is 0 Å². The number of amides is 1. The van der Waals surface area contributed by atoms with Crippen LogP contribution in [0, 0.1) is 5.82 Å². The molecule has 0 saturated carbocycles. The second-order valence-electron chi connectivity index (χ2n) is 5.17. The van der Waals surface area contributed by atoms with Gasteiger partial charge in [-0.25, -0.2) is 4.39 Å². The van der Waals surface area contributed by atoms with E-state index >= 15 is 0 Å². The van der Waals surface area contributed by atoms with Gasteiger partial charge < -0.3 is 10.6 Å². The molecule has 1 amide bonds. The van der Waals surface area contributed by atoms with Gasteiger partial charge in [-0.2, -0.15) is 0 Å². The molecule has 3 rings (SSSR count). The van der Waals surface area contributed by atoms with Crippen molar-refractivity contribution in [2.45, 2.75) is 18.9 Å². The molecule has 2 aromatic rings. The first kappa shape index (κ1) is 13.1. The third-order valence-electron chi connectivity index (χ3n) is 4.01. The van der Waals surface area contributed by atoms with Crippen LogP contribution in [0.15, 0.2) is 36.4 Å². The van der Waals surface area contributed by atoms with E-state index in [0.717, 1.165) is 19.4 Å². The normalized spacial score (nSPS) is 18.7. The minimum Gasteiger partial charge on any atom is -0.334 e. The summed E-state index contributed by atoms with van der Waals surface area (Å²) < 4.78 is 13.8. The molecule has 3 nitrogen and oxygen atoms in total. The maximum Gasteiger partial charge on any atom is 0.254 e. The molecule has 0 aliphatic carbocycles. The molecule has 104 valence electrons. The number of nitrogens with two attached hydrogens (primary N) is 1. The van der Waals surface area contributed by atoms with Crippen LogP contribution in [0.2, 0.25) is 0 Å². The van der Waals surface area contributed by atoms with Gasteiger partial charge in [0.05, 0.1) is 0 Å². The van der Waals surface area contributed by atoms with E-state index in [-0.39, 0.29) is 17.8 Å². The van der Waals surface area contributed by atoms with Gasteiger partial charge in [-0.3, -0.25) is 4.79 Å². The average Bonchev–Trinajstić information content (AvgIpc) is 2.96. The Morgan fingerprint density at radius 2 is 2.00 bits per heavy atom. The fourth-order valence-electron chi connectivity index (χ4n) is 2.95. The Labute approximate surface area is 117 Å².